The van der Waals surface area contributed by atoms with Gasteiger partial charge in [-0.15, -0.1) is 0 Å². The highest BCUT2D eigenvalue weighted by Gasteiger charge is 2.12. The number of hydrogen-bond donors (Lipinski definition) is 2. The topological polar surface area (TPSA) is 84.5 Å². The fraction of sp³-hybridized carbons (Fsp3) is 0.462. The first-order valence-electron chi connectivity index (χ1n) is 6.47. The molecule has 0 aliphatic rings. The second kappa shape index (κ2) is 7.86. The van der Waals surface area contributed by atoms with Crippen molar-refractivity contribution in [2.45, 2.75) is 20.3 Å². The molecule has 0 spiro atoms. The molecule has 0 fully saturated rings. The summed E-state index contributed by atoms with van der Waals surface area (Å²) >= 11 is 0. The average Bonchev–Trinajstić information content (AvgIpc) is 2.39. The van der Waals surface area contributed by atoms with Gasteiger partial charge in [-0.2, -0.15) is 0 Å². The van der Waals surface area contributed by atoms with Crippen LogP contribution in [0.4, 0.5) is 5.69 Å². The molecule has 0 saturated carbocycles. The fourth-order valence-electron chi connectivity index (χ4n) is 1.56. The summed E-state index contributed by atoms with van der Waals surface area (Å²) in [4.78, 5) is 11.7. The van der Waals surface area contributed by atoms with Gasteiger partial charge < -0.3 is 10.1 Å². The van der Waals surface area contributed by atoms with Crippen LogP contribution < -0.4 is 14.8 Å². The summed E-state index contributed by atoms with van der Waals surface area (Å²) in [6.45, 7) is 3.80. The molecule has 20 heavy (non-hydrogen) atoms. The summed E-state index contributed by atoms with van der Waals surface area (Å²) in [7, 11) is -3.38. The third-order valence-electron chi connectivity index (χ3n) is 2.39. The number of sulfonamides is 1. The number of nitrogens with one attached hydrogen (secondary N) is 2. The molecule has 1 rings (SSSR count). The van der Waals surface area contributed by atoms with E-state index < -0.39 is 15.9 Å². The highest BCUT2D eigenvalue weighted by Crippen LogP contribution is 2.23. The maximum Gasteiger partial charge on any atom is 0.239 e. The number of carbonyl (C=O) groups excluding carboxylic acids is 1. The van der Waals surface area contributed by atoms with Crippen molar-refractivity contribution < 1.29 is 17.9 Å². The van der Waals surface area contributed by atoms with E-state index in [1.54, 1.807) is 31.2 Å². The molecule has 0 saturated heterocycles. The van der Waals surface area contributed by atoms with Crippen molar-refractivity contribution >= 4 is 21.6 Å². The monoisotopic (exact) mass is 300 g/mol. The van der Waals surface area contributed by atoms with Crippen molar-refractivity contribution in [3.8, 4) is 5.75 Å². The molecule has 0 aliphatic carbocycles. The van der Waals surface area contributed by atoms with Crippen molar-refractivity contribution in [3.05, 3.63) is 24.3 Å². The molecule has 7 heteroatoms. The van der Waals surface area contributed by atoms with Gasteiger partial charge in [0.25, 0.3) is 0 Å². The van der Waals surface area contributed by atoms with Gasteiger partial charge in [0, 0.05) is 0 Å². The molecular formula is C13H20N2O4S. The van der Waals surface area contributed by atoms with Gasteiger partial charge in [-0.05, 0) is 25.5 Å². The minimum atomic E-state index is -3.38. The summed E-state index contributed by atoms with van der Waals surface area (Å²) in [5, 5.41) is 2.62. The van der Waals surface area contributed by atoms with Crippen molar-refractivity contribution in [3.63, 3.8) is 0 Å². The van der Waals surface area contributed by atoms with E-state index in [1.165, 1.54) is 0 Å². The van der Waals surface area contributed by atoms with E-state index in [0.29, 0.717) is 24.5 Å². The Morgan fingerprint density at radius 3 is 2.60 bits per heavy atom. The molecule has 1 aromatic carbocycles. The predicted octanol–water partition coefficient (Wildman–Crippen LogP) is 1.35. The van der Waals surface area contributed by atoms with Crippen LogP contribution in [-0.2, 0) is 14.8 Å². The Bertz CT molecular complexity index is 543. The fourth-order valence-corrected chi connectivity index (χ4v) is 2.59. The van der Waals surface area contributed by atoms with Crippen LogP contribution in [0.15, 0.2) is 24.3 Å². The van der Waals surface area contributed by atoms with Gasteiger partial charge in [-0.25, -0.2) is 13.1 Å². The lowest BCUT2D eigenvalue weighted by molar-refractivity contribution is -0.115. The van der Waals surface area contributed by atoms with E-state index >= 15 is 0 Å². The normalized spacial score (nSPS) is 11.1. The number of carbonyl (C=O) groups is 1. The zero-order valence-corrected chi connectivity index (χ0v) is 12.5. The third kappa shape index (κ3) is 5.58. The molecule has 6 nitrogen and oxygen atoms in total. The number of para-hydroxylation sites is 2. The Kier molecular flexibility index (Phi) is 6.47. The summed E-state index contributed by atoms with van der Waals surface area (Å²) in [6, 6.07) is 6.99. The van der Waals surface area contributed by atoms with Gasteiger partial charge in [0.05, 0.1) is 24.6 Å². The standard InChI is InChI=1S/C13H20N2O4S/c1-3-9-20(17,18)14-10-13(16)15-11-7-5-6-8-12(11)19-4-2/h5-8,14H,3-4,9-10H2,1-2H3,(H,15,16). The molecule has 112 valence electrons. The third-order valence-corrected chi connectivity index (χ3v) is 3.92. The van der Waals surface area contributed by atoms with Crippen molar-refractivity contribution in [2.24, 2.45) is 0 Å². The number of rotatable bonds is 8. The first-order valence-corrected chi connectivity index (χ1v) is 8.12. The largest absolute Gasteiger partial charge is 0.492 e. The number of ether oxygens (including phenoxy) is 1. The lowest BCUT2D eigenvalue weighted by atomic mass is 10.3. The minimum absolute atomic E-state index is 0.00973. The highest BCUT2D eigenvalue weighted by atomic mass is 32.2. The lowest BCUT2D eigenvalue weighted by Gasteiger charge is -2.11. The van der Waals surface area contributed by atoms with E-state index in [0.717, 1.165) is 0 Å². The Hall–Kier alpha value is -1.60. The molecule has 1 aromatic rings. The van der Waals surface area contributed by atoms with E-state index in [2.05, 4.69) is 10.0 Å². The quantitative estimate of drug-likeness (QED) is 0.759. The molecule has 0 aliphatic heterocycles. The first-order chi connectivity index (χ1) is 9.48. The van der Waals surface area contributed by atoms with Crippen LogP contribution in [0.3, 0.4) is 0 Å². The summed E-state index contributed by atoms with van der Waals surface area (Å²) in [6.07, 6.45) is 0.504. The second-order valence-corrected chi connectivity index (χ2v) is 6.04. The average molecular weight is 300 g/mol. The molecule has 0 radical (unpaired) electrons. The maximum absolute atomic E-state index is 11.7. The number of hydrogen-bond acceptors (Lipinski definition) is 4. The van der Waals surface area contributed by atoms with E-state index in [-0.39, 0.29) is 12.3 Å². The number of benzene rings is 1. The van der Waals surface area contributed by atoms with Crippen LogP contribution in [0.2, 0.25) is 0 Å². The first kappa shape index (κ1) is 16.5. The zero-order valence-electron chi connectivity index (χ0n) is 11.7. The summed E-state index contributed by atoms with van der Waals surface area (Å²) < 4.78 is 30.5. The van der Waals surface area contributed by atoms with Crippen LogP contribution in [0.5, 0.6) is 5.75 Å². The molecule has 0 unspecified atom stereocenters. The second-order valence-electron chi connectivity index (χ2n) is 4.12. The Balaban J connectivity index is 2.59. The van der Waals surface area contributed by atoms with Gasteiger partial charge in [0.15, 0.2) is 0 Å². The molecule has 0 bridgehead atoms. The van der Waals surface area contributed by atoms with Crippen LogP contribution in [0.25, 0.3) is 0 Å². The molecule has 0 aromatic heterocycles. The Labute approximate surface area is 119 Å². The van der Waals surface area contributed by atoms with Gasteiger partial charge in [0.2, 0.25) is 15.9 Å². The molecule has 0 heterocycles. The molecule has 2 N–H and O–H groups in total. The van der Waals surface area contributed by atoms with Crippen LogP contribution in [0.1, 0.15) is 20.3 Å². The summed E-state index contributed by atoms with van der Waals surface area (Å²) in [5.41, 5.74) is 0.522. The van der Waals surface area contributed by atoms with Crippen LogP contribution in [-0.4, -0.2) is 33.2 Å². The highest BCUT2D eigenvalue weighted by molar-refractivity contribution is 7.89. The number of amides is 1. The van der Waals surface area contributed by atoms with Crippen LogP contribution >= 0.6 is 0 Å². The van der Waals surface area contributed by atoms with E-state index in [1.807, 2.05) is 6.92 Å². The lowest BCUT2D eigenvalue weighted by Crippen LogP contribution is -2.34. The predicted molar refractivity (Wildman–Crippen MR) is 78.3 cm³/mol. The van der Waals surface area contributed by atoms with Gasteiger partial charge in [-0.3, -0.25) is 4.79 Å². The van der Waals surface area contributed by atoms with Gasteiger partial charge >= 0.3 is 0 Å². The SMILES string of the molecule is CCCS(=O)(=O)NCC(=O)Nc1ccccc1OCC. The van der Waals surface area contributed by atoms with E-state index in [4.69, 9.17) is 4.74 Å². The number of anilines is 1. The zero-order chi connectivity index (χ0) is 15.0. The van der Waals surface area contributed by atoms with Crippen molar-refractivity contribution in [1.29, 1.82) is 0 Å². The van der Waals surface area contributed by atoms with Crippen LogP contribution in [0, 0.1) is 0 Å². The molecular weight excluding hydrogens is 280 g/mol. The Morgan fingerprint density at radius 1 is 1.25 bits per heavy atom. The minimum Gasteiger partial charge on any atom is -0.492 e. The van der Waals surface area contributed by atoms with Crippen molar-refractivity contribution in [1.82, 2.24) is 4.72 Å². The summed E-state index contributed by atoms with van der Waals surface area (Å²) in [5.74, 6) is 0.132. The van der Waals surface area contributed by atoms with E-state index in [9.17, 15) is 13.2 Å². The maximum atomic E-state index is 11.7. The smallest absolute Gasteiger partial charge is 0.239 e. The Morgan fingerprint density at radius 2 is 1.95 bits per heavy atom. The molecule has 0 atom stereocenters. The molecule has 1 amide bonds. The van der Waals surface area contributed by atoms with Crippen molar-refractivity contribution in [2.75, 3.05) is 24.2 Å². The van der Waals surface area contributed by atoms with Gasteiger partial charge in [0.1, 0.15) is 5.75 Å². The van der Waals surface area contributed by atoms with Gasteiger partial charge in [-0.1, -0.05) is 19.1 Å².